The van der Waals surface area contributed by atoms with Gasteiger partial charge in [0.1, 0.15) is 0 Å². The fraction of sp³-hybridized carbons (Fsp3) is 0.818. The molecule has 0 aliphatic heterocycles. The molecule has 3 N–H and O–H groups in total. The molecular formula is C11H24N2. The molecule has 0 spiro atoms. The summed E-state index contributed by atoms with van der Waals surface area (Å²) in [6.45, 7) is 15.0. The number of hydrazine groups is 1. The Morgan fingerprint density at radius 3 is 2.15 bits per heavy atom. The van der Waals surface area contributed by atoms with Crippen molar-refractivity contribution in [2.45, 2.75) is 47.1 Å². The minimum Gasteiger partial charge on any atom is -0.271 e. The normalized spacial score (nSPS) is 16.8. The molecule has 0 saturated heterocycles. The van der Waals surface area contributed by atoms with Gasteiger partial charge in [0.15, 0.2) is 0 Å². The third kappa shape index (κ3) is 4.44. The van der Waals surface area contributed by atoms with Crippen LogP contribution in [0.4, 0.5) is 0 Å². The largest absolute Gasteiger partial charge is 0.271 e. The molecule has 0 aliphatic carbocycles. The fourth-order valence-electron chi connectivity index (χ4n) is 1.12. The van der Waals surface area contributed by atoms with Crippen molar-refractivity contribution < 1.29 is 0 Å². The second-order valence-corrected chi connectivity index (χ2v) is 5.07. The lowest BCUT2D eigenvalue weighted by atomic mass is 9.78. The average molecular weight is 184 g/mol. The highest BCUT2D eigenvalue weighted by molar-refractivity contribution is 5.01. The molecule has 2 heteroatoms. The Morgan fingerprint density at radius 1 is 1.46 bits per heavy atom. The molecule has 0 aromatic heterocycles. The monoisotopic (exact) mass is 184 g/mol. The second kappa shape index (κ2) is 4.77. The van der Waals surface area contributed by atoms with E-state index in [1.807, 2.05) is 6.92 Å². The molecule has 0 radical (unpaired) electrons. The molecule has 0 heterocycles. The Bertz CT molecular complexity index is 167. The molecule has 0 aromatic carbocycles. The van der Waals surface area contributed by atoms with E-state index in [0.29, 0.717) is 11.3 Å². The Kier molecular flexibility index (Phi) is 4.65. The minimum absolute atomic E-state index is 0.245. The van der Waals surface area contributed by atoms with E-state index < -0.39 is 0 Å². The van der Waals surface area contributed by atoms with Gasteiger partial charge in [0.25, 0.3) is 0 Å². The molecule has 13 heavy (non-hydrogen) atoms. The summed E-state index contributed by atoms with van der Waals surface area (Å²) in [5.41, 5.74) is 4.25. The molecule has 0 fully saturated rings. The lowest BCUT2D eigenvalue weighted by molar-refractivity contribution is 0.231. The average Bonchev–Trinajstić information content (AvgIpc) is 1.96. The molecule has 0 saturated carbocycles. The van der Waals surface area contributed by atoms with Crippen LogP contribution in [0.25, 0.3) is 0 Å². The van der Waals surface area contributed by atoms with Gasteiger partial charge in [-0.1, -0.05) is 39.8 Å². The number of hydrogen-bond donors (Lipinski definition) is 2. The van der Waals surface area contributed by atoms with Crippen molar-refractivity contribution in [3.05, 3.63) is 12.2 Å². The maximum Gasteiger partial charge on any atom is 0.0417 e. The smallest absolute Gasteiger partial charge is 0.0417 e. The highest BCUT2D eigenvalue weighted by atomic mass is 15.2. The van der Waals surface area contributed by atoms with E-state index in [2.05, 4.69) is 39.7 Å². The van der Waals surface area contributed by atoms with E-state index in [4.69, 9.17) is 5.84 Å². The second-order valence-electron chi connectivity index (χ2n) is 5.07. The zero-order chi connectivity index (χ0) is 10.6. The molecule has 0 amide bonds. The molecule has 0 aromatic rings. The minimum atomic E-state index is 0.245. The molecule has 0 bridgehead atoms. The van der Waals surface area contributed by atoms with Crippen LogP contribution < -0.4 is 11.3 Å². The summed E-state index contributed by atoms with van der Waals surface area (Å²) in [7, 11) is 0. The first-order valence-electron chi connectivity index (χ1n) is 4.90. The Morgan fingerprint density at radius 2 is 1.92 bits per heavy atom. The maximum atomic E-state index is 5.45. The summed E-state index contributed by atoms with van der Waals surface area (Å²) >= 11 is 0. The number of nitrogens with two attached hydrogens (primary N) is 1. The third-order valence-electron chi connectivity index (χ3n) is 2.86. The third-order valence-corrected chi connectivity index (χ3v) is 2.86. The van der Waals surface area contributed by atoms with E-state index in [-0.39, 0.29) is 6.04 Å². The van der Waals surface area contributed by atoms with Crippen molar-refractivity contribution in [2.24, 2.45) is 17.2 Å². The molecule has 2 atom stereocenters. The van der Waals surface area contributed by atoms with Gasteiger partial charge in [-0.2, -0.15) is 0 Å². The molecule has 2 nitrogen and oxygen atoms in total. The first kappa shape index (κ1) is 12.7. The van der Waals surface area contributed by atoms with Gasteiger partial charge in [-0.25, -0.2) is 0 Å². The molecule has 2 unspecified atom stereocenters. The quantitative estimate of drug-likeness (QED) is 0.400. The van der Waals surface area contributed by atoms with Gasteiger partial charge in [-0.05, 0) is 24.7 Å². The van der Waals surface area contributed by atoms with Crippen molar-refractivity contribution in [3.8, 4) is 0 Å². The van der Waals surface area contributed by atoms with Crippen molar-refractivity contribution in [1.82, 2.24) is 5.43 Å². The van der Waals surface area contributed by atoms with Crippen molar-refractivity contribution in [2.75, 3.05) is 0 Å². The summed E-state index contributed by atoms with van der Waals surface area (Å²) in [5, 5.41) is 0. The topological polar surface area (TPSA) is 38.0 Å². The van der Waals surface area contributed by atoms with E-state index in [0.717, 1.165) is 12.0 Å². The zero-order valence-electron chi connectivity index (χ0n) is 9.65. The van der Waals surface area contributed by atoms with Crippen molar-refractivity contribution >= 4 is 0 Å². The first-order chi connectivity index (χ1) is 5.79. The van der Waals surface area contributed by atoms with Gasteiger partial charge < -0.3 is 0 Å². The van der Waals surface area contributed by atoms with Gasteiger partial charge >= 0.3 is 0 Å². The predicted molar refractivity (Wildman–Crippen MR) is 59.2 cm³/mol. The van der Waals surface area contributed by atoms with Crippen LogP contribution in [0.1, 0.15) is 41.0 Å². The van der Waals surface area contributed by atoms with Crippen LogP contribution in [0.5, 0.6) is 0 Å². The van der Waals surface area contributed by atoms with Gasteiger partial charge in [0.2, 0.25) is 0 Å². The molecule has 0 rings (SSSR count). The van der Waals surface area contributed by atoms with Crippen LogP contribution in [0, 0.1) is 11.3 Å². The fourth-order valence-corrected chi connectivity index (χ4v) is 1.12. The van der Waals surface area contributed by atoms with Gasteiger partial charge in [-0.15, -0.1) is 0 Å². The van der Waals surface area contributed by atoms with Crippen LogP contribution in [-0.4, -0.2) is 6.04 Å². The van der Waals surface area contributed by atoms with E-state index in [9.17, 15) is 0 Å². The van der Waals surface area contributed by atoms with Crippen LogP contribution >= 0.6 is 0 Å². The van der Waals surface area contributed by atoms with Gasteiger partial charge in [0.05, 0.1) is 0 Å². The summed E-state index contributed by atoms with van der Waals surface area (Å²) < 4.78 is 0. The summed E-state index contributed by atoms with van der Waals surface area (Å²) in [5.74, 6) is 6.08. The SMILES string of the molecule is C=C(C)C(CC(C)C(C)(C)C)NN. The van der Waals surface area contributed by atoms with Crippen molar-refractivity contribution in [1.29, 1.82) is 0 Å². The molecular weight excluding hydrogens is 160 g/mol. The van der Waals surface area contributed by atoms with E-state index in [1.165, 1.54) is 0 Å². The summed E-state index contributed by atoms with van der Waals surface area (Å²) in [6, 6.07) is 0.245. The Labute approximate surface area is 82.6 Å². The number of nitrogens with one attached hydrogen (secondary N) is 1. The lowest BCUT2D eigenvalue weighted by Gasteiger charge is -2.30. The highest BCUT2D eigenvalue weighted by Gasteiger charge is 2.23. The van der Waals surface area contributed by atoms with Gasteiger partial charge in [-0.3, -0.25) is 11.3 Å². The predicted octanol–water partition coefficient (Wildman–Crippen LogP) is 2.47. The number of hydrogen-bond acceptors (Lipinski definition) is 2. The maximum absolute atomic E-state index is 5.45. The summed E-state index contributed by atoms with van der Waals surface area (Å²) in [6.07, 6.45) is 1.05. The van der Waals surface area contributed by atoms with E-state index in [1.54, 1.807) is 0 Å². The Balaban J connectivity index is 4.17. The highest BCUT2D eigenvalue weighted by Crippen LogP contribution is 2.29. The molecule has 78 valence electrons. The van der Waals surface area contributed by atoms with E-state index >= 15 is 0 Å². The first-order valence-corrected chi connectivity index (χ1v) is 4.90. The van der Waals surface area contributed by atoms with Crippen molar-refractivity contribution in [3.63, 3.8) is 0 Å². The van der Waals surface area contributed by atoms with Gasteiger partial charge in [0, 0.05) is 6.04 Å². The van der Waals surface area contributed by atoms with Crippen LogP contribution in [0.15, 0.2) is 12.2 Å². The van der Waals surface area contributed by atoms with Crippen LogP contribution in [-0.2, 0) is 0 Å². The number of rotatable bonds is 4. The van der Waals surface area contributed by atoms with Crippen LogP contribution in [0.3, 0.4) is 0 Å². The van der Waals surface area contributed by atoms with Crippen LogP contribution in [0.2, 0.25) is 0 Å². The Hall–Kier alpha value is -0.340. The molecule has 0 aliphatic rings. The summed E-state index contributed by atoms with van der Waals surface area (Å²) in [4.78, 5) is 0. The lowest BCUT2D eigenvalue weighted by Crippen LogP contribution is -2.38. The standard InChI is InChI=1S/C11H24N2/c1-8(2)10(13-12)7-9(3)11(4,5)6/h9-10,13H,1,7,12H2,2-6H3. The zero-order valence-corrected chi connectivity index (χ0v) is 9.65.